The first-order valence-corrected chi connectivity index (χ1v) is 10.3. The van der Waals surface area contributed by atoms with E-state index in [9.17, 15) is 13.5 Å². The van der Waals surface area contributed by atoms with E-state index in [1.807, 2.05) is 54.4 Å². The van der Waals surface area contributed by atoms with Crippen LogP contribution in [-0.2, 0) is 16.4 Å². The van der Waals surface area contributed by atoms with Crippen LogP contribution in [0.5, 0.6) is 0 Å². The Labute approximate surface area is 160 Å². The van der Waals surface area contributed by atoms with Crippen LogP contribution in [-0.4, -0.2) is 32.0 Å². The van der Waals surface area contributed by atoms with Crippen LogP contribution in [0.25, 0.3) is 0 Å². The average Bonchev–Trinajstić information content (AvgIpc) is 2.69. The molecule has 0 spiro atoms. The third-order valence-electron chi connectivity index (χ3n) is 4.41. The van der Waals surface area contributed by atoms with Gasteiger partial charge in [0.25, 0.3) is 0 Å². The van der Waals surface area contributed by atoms with E-state index in [-0.39, 0.29) is 4.90 Å². The number of aliphatic hydroxyl groups excluding tert-OH is 1. The lowest BCUT2D eigenvalue weighted by Crippen LogP contribution is -2.24. The number of hydrogen-bond acceptors (Lipinski definition) is 4. The van der Waals surface area contributed by atoms with Crippen molar-refractivity contribution < 1.29 is 13.5 Å². The molecule has 0 aliphatic rings. The summed E-state index contributed by atoms with van der Waals surface area (Å²) in [6.07, 6.45) is -0.561. The molecule has 3 rings (SSSR count). The van der Waals surface area contributed by atoms with Crippen molar-refractivity contribution in [1.29, 1.82) is 0 Å². The molecule has 0 heterocycles. The smallest absolute Gasteiger partial charge is 0.206 e. The molecule has 0 aliphatic heterocycles. The summed E-state index contributed by atoms with van der Waals surface area (Å²) < 4.78 is 25.3. The van der Waals surface area contributed by atoms with E-state index in [2.05, 4.69) is 0 Å². The minimum absolute atomic E-state index is 0.282. The van der Waals surface area contributed by atoms with Crippen molar-refractivity contribution >= 4 is 9.84 Å². The van der Waals surface area contributed by atoms with Gasteiger partial charge in [0.05, 0.1) is 15.9 Å². The number of likely N-dealkylation sites (N-methyl/N-ethyl adjacent to an activating group) is 1. The van der Waals surface area contributed by atoms with Crippen LogP contribution < -0.4 is 0 Å². The Morgan fingerprint density at radius 2 is 1.33 bits per heavy atom. The number of sulfone groups is 1. The molecule has 0 saturated carbocycles. The standard InChI is InChI=1S/C22H23NO3S/c1-23(17-22(24)19-8-4-2-5-9-19)16-18-12-14-21(15-13-18)27(25,26)20-10-6-3-7-11-20/h2-15,22,24H,16-17H2,1H3. The summed E-state index contributed by atoms with van der Waals surface area (Å²) in [6, 6.07) is 24.9. The maximum absolute atomic E-state index is 12.6. The lowest BCUT2D eigenvalue weighted by molar-refractivity contribution is 0.124. The number of rotatable bonds is 7. The minimum Gasteiger partial charge on any atom is -0.387 e. The van der Waals surface area contributed by atoms with Gasteiger partial charge in [0, 0.05) is 13.1 Å². The van der Waals surface area contributed by atoms with Gasteiger partial charge in [0.15, 0.2) is 0 Å². The van der Waals surface area contributed by atoms with Gasteiger partial charge < -0.3 is 5.11 Å². The Balaban J connectivity index is 1.65. The minimum atomic E-state index is -3.49. The highest BCUT2D eigenvalue weighted by Crippen LogP contribution is 2.21. The molecule has 0 fully saturated rings. The van der Waals surface area contributed by atoms with E-state index in [0.717, 1.165) is 11.1 Å². The van der Waals surface area contributed by atoms with Crippen LogP contribution in [0.1, 0.15) is 17.2 Å². The van der Waals surface area contributed by atoms with Gasteiger partial charge in [-0.2, -0.15) is 0 Å². The van der Waals surface area contributed by atoms with Crippen molar-refractivity contribution in [2.24, 2.45) is 0 Å². The number of hydrogen-bond donors (Lipinski definition) is 1. The van der Waals surface area contributed by atoms with E-state index in [1.54, 1.807) is 42.5 Å². The molecule has 3 aromatic carbocycles. The van der Waals surface area contributed by atoms with E-state index in [1.165, 1.54) is 0 Å². The molecule has 0 aliphatic carbocycles. The van der Waals surface area contributed by atoms with Crippen molar-refractivity contribution in [3.8, 4) is 0 Å². The Morgan fingerprint density at radius 1 is 0.815 bits per heavy atom. The molecule has 27 heavy (non-hydrogen) atoms. The molecule has 1 N–H and O–H groups in total. The zero-order chi connectivity index (χ0) is 19.3. The normalized spacial score (nSPS) is 12.9. The third kappa shape index (κ3) is 4.83. The zero-order valence-electron chi connectivity index (χ0n) is 15.2. The second kappa shape index (κ2) is 8.48. The van der Waals surface area contributed by atoms with Crippen molar-refractivity contribution in [2.75, 3.05) is 13.6 Å². The van der Waals surface area contributed by atoms with Gasteiger partial charge in [-0.1, -0.05) is 60.7 Å². The molecule has 0 amide bonds. The summed E-state index contributed by atoms with van der Waals surface area (Å²) in [6.45, 7) is 1.11. The van der Waals surface area contributed by atoms with E-state index < -0.39 is 15.9 Å². The van der Waals surface area contributed by atoms with E-state index in [4.69, 9.17) is 0 Å². The molecule has 0 aromatic heterocycles. The fourth-order valence-corrected chi connectivity index (χ4v) is 4.24. The van der Waals surface area contributed by atoms with Crippen LogP contribution in [0.3, 0.4) is 0 Å². The molecule has 0 bridgehead atoms. The summed E-state index contributed by atoms with van der Waals surface area (Å²) in [5.74, 6) is 0. The zero-order valence-corrected chi connectivity index (χ0v) is 16.0. The predicted molar refractivity (Wildman–Crippen MR) is 106 cm³/mol. The Morgan fingerprint density at radius 3 is 1.93 bits per heavy atom. The monoisotopic (exact) mass is 381 g/mol. The van der Waals surface area contributed by atoms with E-state index in [0.29, 0.717) is 18.0 Å². The Hall–Kier alpha value is -2.47. The second-order valence-electron chi connectivity index (χ2n) is 6.58. The maximum Gasteiger partial charge on any atom is 0.206 e. The highest BCUT2D eigenvalue weighted by molar-refractivity contribution is 7.91. The predicted octanol–water partition coefficient (Wildman–Crippen LogP) is 3.68. The Bertz CT molecular complexity index is 955. The van der Waals surface area contributed by atoms with Crippen LogP contribution in [0.4, 0.5) is 0 Å². The van der Waals surface area contributed by atoms with Gasteiger partial charge in [-0.15, -0.1) is 0 Å². The fraction of sp³-hybridized carbons (Fsp3) is 0.182. The number of nitrogens with zero attached hydrogens (tertiary/aromatic N) is 1. The second-order valence-corrected chi connectivity index (χ2v) is 8.53. The summed E-state index contributed by atoms with van der Waals surface area (Å²) in [4.78, 5) is 2.59. The summed E-state index contributed by atoms with van der Waals surface area (Å²) in [5.41, 5.74) is 1.87. The van der Waals surface area contributed by atoms with Gasteiger partial charge in [0.1, 0.15) is 0 Å². The highest BCUT2D eigenvalue weighted by atomic mass is 32.2. The van der Waals surface area contributed by atoms with Crippen molar-refractivity contribution in [3.05, 3.63) is 96.1 Å². The molecular weight excluding hydrogens is 358 g/mol. The lowest BCUT2D eigenvalue weighted by Gasteiger charge is -2.21. The Kier molecular flexibility index (Phi) is 6.06. The first-order chi connectivity index (χ1) is 13.0. The van der Waals surface area contributed by atoms with Crippen molar-refractivity contribution in [3.63, 3.8) is 0 Å². The van der Waals surface area contributed by atoms with E-state index >= 15 is 0 Å². The molecule has 1 unspecified atom stereocenters. The van der Waals surface area contributed by atoms with Crippen molar-refractivity contribution in [1.82, 2.24) is 4.90 Å². The molecule has 140 valence electrons. The average molecular weight is 381 g/mol. The fourth-order valence-electron chi connectivity index (χ4n) is 2.96. The van der Waals surface area contributed by atoms with Crippen molar-refractivity contribution in [2.45, 2.75) is 22.4 Å². The number of aliphatic hydroxyl groups is 1. The first kappa shape index (κ1) is 19.3. The molecule has 4 nitrogen and oxygen atoms in total. The van der Waals surface area contributed by atoms with Crippen LogP contribution >= 0.6 is 0 Å². The number of benzene rings is 3. The topological polar surface area (TPSA) is 57.6 Å². The lowest BCUT2D eigenvalue weighted by atomic mass is 10.1. The van der Waals surface area contributed by atoms with Gasteiger partial charge >= 0.3 is 0 Å². The van der Waals surface area contributed by atoms with Gasteiger partial charge in [-0.25, -0.2) is 8.42 Å². The molecule has 1 atom stereocenters. The largest absolute Gasteiger partial charge is 0.387 e. The molecule has 5 heteroatoms. The van der Waals surface area contributed by atoms with Gasteiger partial charge in [-0.3, -0.25) is 4.90 Å². The summed E-state index contributed by atoms with van der Waals surface area (Å²) >= 11 is 0. The summed E-state index contributed by atoms with van der Waals surface area (Å²) in [7, 11) is -1.56. The van der Waals surface area contributed by atoms with Crippen LogP contribution in [0, 0.1) is 0 Å². The quantitative estimate of drug-likeness (QED) is 0.678. The van der Waals surface area contributed by atoms with Gasteiger partial charge in [-0.05, 0) is 42.4 Å². The van der Waals surface area contributed by atoms with Crippen LogP contribution in [0.15, 0.2) is 94.7 Å². The van der Waals surface area contributed by atoms with Gasteiger partial charge in [0.2, 0.25) is 9.84 Å². The summed E-state index contributed by atoms with van der Waals surface area (Å²) in [5, 5.41) is 10.3. The molecule has 0 saturated heterocycles. The van der Waals surface area contributed by atoms with Crippen LogP contribution in [0.2, 0.25) is 0 Å². The SMILES string of the molecule is CN(Cc1ccc(S(=O)(=O)c2ccccc2)cc1)CC(O)c1ccccc1. The highest BCUT2D eigenvalue weighted by Gasteiger charge is 2.17. The maximum atomic E-state index is 12.6. The molecule has 3 aromatic rings. The first-order valence-electron chi connectivity index (χ1n) is 8.77. The molecule has 0 radical (unpaired) electrons. The third-order valence-corrected chi connectivity index (χ3v) is 6.19. The molecular formula is C22H23NO3S.